The maximum atomic E-state index is 9.06. The second kappa shape index (κ2) is 5.25. The lowest BCUT2D eigenvalue weighted by Gasteiger charge is -2.16. The third-order valence-corrected chi connectivity index (χ3v) is 3.54. The first-order valence-electron chi connectivity index (χ1n) is 6.53. The maximum absolute atomic E-state index is 9.06. The van der Waals surface area contributed by atoms with E-state index in [1.807, 2.05) is 6.08 Å². The summed E-state index contributed by atoms with van der Waals surface area (Å²) in [6.45, 7) is 0.0776. The molecule has 94 valence electrons. The summed E-state index contributed by atoms with van der Waals surface area (Å²) >= 11 is 0. The fourth-order valence-corrected chi connectivity index (χ4v) is 2.64. The molecule has 3 rings (SSSR count). The van der Waals surface area contributed by atoms with Crippen LogP contribution in [-0.2, 0) is 0 Å². The van der Waals surface area contributed by atoms with Crippen LogP contribution in [0, 0.1) is 0 Å². The number of fused-ring (bicyclic) bond motifs is 2. The van der Waals surface area contributed by atoms with Gasteiger partial charge in [-0.2, -0.15) is 0 Å². The third-order valence-electron chi connectivity index (χ3n) is 3.54. The molecule has 0 fully saturated rings. The monoisotopic (exact) mass is 248 g/mol. The summed E-state index contributed by atoms with van der Waals surface area (Å²) in [6, 6.07) is 16.9. The second-order valence-electron chi connectivity index (χ2n) is 4.68. The molecule has 0 aliphatic heterocycles. The molecule has 0 aromatic heterocycles. The molecule has 0 heterocycles. The van der Waals surface area contributed by atoms with Gasteiger partial charge in [0.05, 0.1) is 6.61 Å². The van der Waals surface area contributed by atoms with E-state index in [9.17, 15) is 0 Å². The Balaban J connectivity index is 2.21. The highest BCUT2D eigenvalue weighted by Gasteiger charge is 2.18. The molecule has 0 bridgehead atoms. The van der Waals surface area contributed by atoms with Crippen LogP contribution >= 0.6 is 0 Å². The van der Waals surface area contributed by atoms with Gasteiger partial charge in [0.15, 0.2) is 0 Å². The molecule has 0 saturated heterocycles. The molecule has 1 N–H and O–H groups in total. The predicted molar refractivity (Wildman–Crippen MR) is 79.9 cm³/mol. The minimum Gasteiger partial charge on any atom is -0.392 e. The van der Waals surface area contributed by atoms with Crippen LogP contribution < -0.4 is 0 Å². The Morgan fingerprint density at radius 3 is 1.89 bits per heavy atom. The van der Waals surface area contributed by atoms with Crippen molar-refractivity contribution in [2.24, 2.45) is 0 Å². The van der Waals surface area contributed by atoms with Crippen LogP contribution in [0.5, 0.6) is 0 Å². The van der Waals surface area contributed by atoms with Gasteiger partial charge in [0, 0.05) is 5.92 Å². The smallest absolute Gasteiger partial charge is 0.0612 e. The molecular weight excluding hydrogens is 232 g/mol. The van der Waals surface area contributed by atoms with E-state index in [-0.39, 0.29) is 12.5 Å². The summed E-state index contributed by atoms with van der Waals surface area (Å²) < 4.78 is 0. The molecule has 19 heavy (non-hydrogen) atoms. The molecule has 0 spiro atoms. The van der Waals surface area contributed by atoms with Crippen molar-refractivity contribution < 1.29 is 5.11 Å². The molecule has 0 amide bonds. The van der Waals surface area contributed by atoms with Crippen LogP contribution in [0.3, 0.4) is 0 Å². The standard InChI is InChI=1S/C18H16O/c19-13-5-10-18-16-8-3-1-6-14(16)11-12-15-7-2-4-9-17(15)18/h1-12,18-19H,13H2. The van der Waals surface area contributed by atoms with Crippen LogP contribution in [0.4, 0.5) is 0 Å². The fourth-order valence-electron chi connectivity index (χ4n) is 2.64. The lowest BCUT2D eigenvalue weighted by atomic mass is 9.87. The Labute approximate surface area is 113 Å². The van der Waals surface area contributed by atoms with Crippen LogP contribution in [0.1, 0.15) is 28.2 Å². The van der Waals surface area contributed by atoms with Gasteiger partial charge < -0.3 is 5.11 Å². The summed E-state index contributed by atoms with van der Waals surface area (Å²) in [7, 11) is 0. The molecule has 0 saturated carbocycles. The van der Waals surface area contributed by atoms with Crippen molar-refractivity contribution in [1.82, 2.24) is 0 Å². The van der Waals surface area contributed by atoms with E-state index in [1.165, 1.54) is 22.3 Å². The van der Waals surface area contributed by atoms with E-state index in [2.05, 4.69) is 66.8 Å². The van der Waals surface area contributed by atoms with Gasteiger partial charge in [0.25, 0.3) is 0 Å². The summed E-state index contributed by atoms with van der Waals surface area (Å²) in [5.74, 6) is 0.203. The quantitative estimate of drug-likeness (QED) is 0.800. The highest BCUT2D eigenvalue weighted by atomic mass is 16.2. The number of hydrogen-bond donors (Lipinski definition) is 1. The van der Waals surface area contributed by atoms with E-state index in [0.29, 0.717) is 0 Å². The SMILES string of the molecule is OCC=CC1c2ccccc2C=Cc2ccccc21. The highest BCUT2D eigenvalue weighted by molar-refractivity contribution is 5.77. The summed E-state index contributed by atoms with van der Waals surface area (Å²) in [4.78, 5) is 0. The first kappa shape index (κ1) is 11.9. The number of rotatable bonds is 2. The Morgan fingerprint density at radius 1 is 0.842 bits per heavy atom. The highest BCUT2D eigenvalue weighted by Crippen LogP contribution is 2.35. The number of aliphatic hydroxyl groups excluding tert-OH is 1. The van der Waals surface area contributed by atoms with Crippen molar-refractivity contribution >= 4 is 12.2 Å². The summed E-state index contributed by atoms with van der Waals surface area (Å²) in [5, 5.41) is 9.06. The molecule has 1 nitrogen and oxygen atoms in total. The number of benzene rings is 2. The van der Waals surface area contributed by atoms with Crippen LogP contribution in [-0.4, -0.2) is 11.7 Å². The topological polar surface area (TPSA) is 20.2 Å². The molecule has 2 aromatic rings. The largest absolute Gasteiger partial charge is 0.392 e. The minimum atomic E-state index is 0.0776. The maximum Gasteiger partial charge on any atom is 0.0612 e. The molecule has 0 radical (unpaired) electrons. The number of aliphatic hydroxyl groups is 1. The van der Waals surface area contributed by atoms with Crippen LogP contribution in [0.25, 0.3) is 12.2 Å². The van der Waals surface area contributed by atoms with Crippen molar-refractivity contribution in [2.45, 2.75) is 5.92 Å². The number of allylic oxidation sites excluding steroid dienone is 1. The lowest BCUT2D eigenvalue weighted by molar-refractivity contribution is 0.342. The van der Waals surface area contributed by atoms with Gasteiger partial charge in [-0.1, -0.05) is 72.8 Å². The Bertz CT molecular complexity index is 588. The van der Waals surface area contributed by atoms with Gasteiger partial charge in [-0.3, -0.25) is 0 Å². The molecule has 0 unspecified atom stereocenters. The van der Waals surface area contributed by atoms with Gasteiger partial charge in [-0.05, 0) is 22.3 Å². The molecule has 0 atom stereocenters. The van der Waals surface area contributed by atoms with E-state index in [0.717, 1.165) is 0 Å². The first-order valence-corrected chi connectivity index (χ1v) is 6.53. The number of hydrogen-bond acceptors (Lipinski definition) is 1. The van der Waals surface area contributed by atoms with Crippen molar-refractivity contribution in [2.75, 3.05) is 6.61 Å². The zero-order valence-corrected chi connectivity index (χ0v) is 10.7. The molecule has 1 heteroatoms. The Hall–Kier alpha value is -2.12. The Morgan fingerprint density at radius 2 is 1.37 bits per heavy atom. The van der Waals surface area contributed by atoms with Crippen molar-refractivity contribution in [1.29, 1.82) is 0 Å². The fraction of sp³-hybridized carbons (Fsp3) is 0.111. The van der Waals surface area contributed by atoms with E-state index in [1.54, 1.807) is 0 Å². The van der Waals surface area contributed by atoms with Crippen molar-refractivity contribution in [3.63, 3.8) is 0 Å². The van der Waals surface area contributed by atoms with Gasteiger partial charge in [0.1, 0.15) is 0 Å². The van der Waals surface area contributed by atoms with Crippen LogP contribution in [0.15, 0.2) is 60.7 Å². The normalized spacial score (nSPS) is 14.2. The minimum absolute atomic E-state index is 0.0776. The zero-order valence-electron chi connectivity index (χ0n) is 10.7. The molecular formula is C18H16O. The molecule has 1 aliphatic rings. The van der Waals surface area contributed by atoms with E-state index >= 15 is 0 Å². The second-order valence-corrected chi connectivity index (χ2v) is 4.68. The van der Waals surface area contributed by atoms with Crippen molar-refractivity contribution in [3.8, 4) is 0 Å². The van der Waals surface area contributed by atoms with Gasteiger partial charge >= 0.3 is 0 Å². The van der Waals surface area contributed by atoms with Gasteiger partial charge in [-0.15, -0.1) is 0 Å². The Kier molecular flexibility index (Phi) is 3.30. The molecule has 1 aliphatic carbocycles. The molecule has 2 aromatic carbocycles. The van der Waals surface area contributed by atoms with Gasteiger partial charge in [0.2, 0.25) is 0 Å². The predicted octanol–water partition coefficient (Wildman–Crippen LogP) is 3.85. The van der Waals surface area contributed by atoms with Gasteiger partial charge in [-0.25, -0.2) is 0 Å². The van der Waals surface area contributed by atoms with Crippen LogP contribution in [0.2, 0.25) is 0 Å². The van der Waals surface area contributed by atoms with E-state index < -0.39 is 0 Å². The summed E-state index contributed by atoms with van der Waals surface area (Å²) in [5.41, 5.74) is 5.05. The first-order chi connectivity index (χ1) is 9.40. The lowest BCUT2D eigenvalue weighted by Crippen LogP contribution is -2.01. The average Bonchev–Trinajstić information content (AvgIpc) is 2.62. The van der Waals surface area contributed by atoms with E-state index in [4.69, 9.17) is 5.11 Å². The average molecular weight is 248 g/mol. The summed E-state index contributed by atoms with van der Waals surface area (Å²) in [6.07, 6.45) is 8.25. The third kappa shape index (κ3) is 2.25. The zero-order chi connectivity index (χ0) is 13.1. The van der Waals surface area contributed by atoms with Crippen molar-refractivity contribution in [3.05, 3.63) is 82.9 Å².